The van der Waals surface area contributed by atoms with Gasteiger partial charge < -0.3 is 13.9 Å². The molecular formula is C19H17BrN2O4. The van der Waals surface area contributed by atoms with Gasteiger partial charge in [-0.05, 0) is 54.1 Å². The molecule has 0 aliphatic rings. The molecule has 0 bridgehead atoms. The molecular weight excluding hydrogens is 400 g/mol. The monoisotopic (exact) mass is 416 g/mol. The normalized spacial score (nSPS) is 11.3. The van der Waals surface area contributed by atoms with Gasteiger partial charge in [0.1, 0.15) is 17.0 Å². The van der Waals surface area contributed by atoms with Crippen LogP contribution >= 0.6 is 15.9 Å². The topological polar surface area (TPSA) is 74.5 Å². The van der Waals surface area contributed by atoms with Crippen LogP contribution in [0.3, 0.4) is 0 Å². The number of aryl methyl sites for hydroxylation is 1. The number of fused-ring (bicyclic) bond motifs is 1. The number of ketones is 1. The van der Waals surface area contributed by atoms with Gasteiger partial charge in [-0.15, -0.1) is 10.2 Å². The second-order valence-electron chi connectivity index (χ2n) is 5.63. The highest BCUT2D eigenvalue weighted by Crippen LogP contribution is 2.45. The van der Waals surface area contributed by atoms with Crippen molar-refractivity contribution in [2.45, 2.75) is 13.8 Å². The molecule has 0 radical (unpaired) electrons. The van der Waals surface area contributed by atoms with Crippen molar-refractivity contribution in [2.75, 3.05) is 14.2 Å². The summed E-state index contributed by atoms with van der Waals surface area (Å²) >= 11 is 3.51. The molecule has 2 heterocycles. The van der Waals surface area contributed by atoms with Gasteiger partial charge >= 0.3 is 0 Å². The van der Waals surface area contributed by atoms with Crippen molar-refractivity contribution in [2.24, 2.45) is 0 Å². The lowest BCUT2D eigenvalue weighted by Crippen LogP contribution is -1.99. The SMILES string of the molecule is COc1cc(Br)c2nnc(/C=C/C(C)=O)c(-c3ccc(C)o3)c2c1OC. The second-order valence-corrected chi connectivity index (χ2v) is 6.49. The standard InChI is InChI=1S/C19H17BrN2O4/c1-10(23)5-7-13-16(14-8-6-11(2)26-14)17-18(22-21-13)12(20)9-15(24-3)19(17)25-4/h5-9H,1-4H3/b7-5+. The van der Waals surface area contributed by atoms with Gasteiger partial charge in [0.15, 0.2) is 17.3 Å². The summed E-state index contributed by atoms with van der Waals surface area (Å²) in [5, 5.41) is 9.27. The number of hydrogen-bond acceptors (Lipinski definition) is 6. The van der Waals surface area contributed by atoms with Gasteiger partial charge in [-0.1, -0.05) is 0 Å². The van der Waals surface area contributed by atoms with Crippen LogP contribution in [0, 0.1) is 6.92 Å². The lowest BCUT2D eigenvalue weighted by molar-refractivity contribution is -0.112. The van der Waals surface area contributed by atoms with Gasteiger partial charge in [0, 0.05) is 10.5 Å². The first kappa shape index (κ1) is 18.1. The average molecular weight is 417 g/mol. The van der Waals surface area contributed by atoms with Crippen LogP contribution in [0.4, 0.5) is 0 Å². The lowest BCUT2D eigenvalue weighted by atomic mass is 10.0. The Balaban J connectivity index is 2.48. The van der Waals surface area contributed by atoms with Crippen LogP contribution in [0.2, 0.25) is 0 Å². The van der Waals surface area contributed by atoms with Crippen LogP contribution in [0.15, 0.2) is 33.2 Å². The molecule has 134 valence electrons. The number of nitrogens with zero attached hydrogens (tertiary/aromatic N) is 2. The largest absolute Gasteiger partial charge is 0.493 e. The van der Waals surface area contributed by atoms with Gasteiger partial charge in [0.05, 0.1) is 30.9 Å². The van der Waals surface area contributed by atoms with Crippen molar-refractivity contribution in [3.63, 3.8) is 0 Å². The molecule has 0 fully saturated rings. The van der Waals surface area contributed by atoms with Gasteiger partial charge in [-0.3, -0.25) is 4.79 Å². The summed E-state index contributed by atoms with van der Waals surface area (Å²) in [4.78, 5) is 11.4. The fourth-order valence-corrected chi connectivity index (χ4v) is 3.18. The molecule has 0 saturated carbocycles. The molecule has 0 atom stereocenters. The van der Waals surface area contributed by atoms with Crippen LogP contribution in [0.1, 0.15) is 18.4 Å². The van der Waals surface area contributed by atoms with Gasteiger partial charge in [0.2, 0.25) is 0 Å². The van der Waals surface area contributed by atoms with Crippen molar-refractivity contribution in [1.29, 1.82) is 0 Å². The number of halogens is 1. The zero-order chi connectivity index (χ0) is 18.8. The number of carbonyl (C=O) groups is 1. The Bertz CT molecular complexity index is 1020. The summed E-state index contributed by atoms with van der Waals surface area (Å²) in [6.07, 6.45) is 3.06. The van der Waals surface area contributed by atoms with E-state index in [9.17, 15) is 4.79 Å². The smallest absolute Gasteiger partial charge is 0.171 e. The summed E-state index contributed by atoms with van der Waals surface area (Å²) in [5.74, 6) is 2.33. The predicted molar refractivity (Wildman–Crippen MR) is 102 cm³/mol. The summed E-state index contributed by atoms with van der Waals surface area (Å²) in [6, 6.07) is 5.49. The number of rotatable bonds is 5. The Morgan fingerprint density at radius 2 is 2.00 bits per heavy atom. The van der Waals surface area contributed by atoms with E-state index in [2.05, 4.69) is 26.1 Å². The Morgan fingerprint density at radius 1 is 1.23 bits per heavy atom. The molecule has 3 aromatic rings. The zero-order valence-corrected chi connectivity index (χ0v) is 16.4. The van der Waals surface area contributed by atoms with E-state index in [-0.39, 0.29) is 5.78 Å². The second kappa shape index (κ2) is 7.29. The zero-order valence-electron chi connectivity index (χ0n) is 14.8. The van der Waals surface area contributed by atoms with E-state index in [1.165, 1.54) is 13.0 Å². The summed E-state index contributed by atoms with van der Waals surface area (Å²) in [7, 11) is 3.13. The highest BCUT2D eigenvalue weighted by Gasteiger charge is 2.22. The molecule has 0 saturated heterocycles. The van der Waals surface area contributed by atoms with Gasteiger partial charge in [-0.2, -0.15) is 0 Å². The number of allylic oxidation sites excluding steroid dienone is 1. The molecule has 0 N–H and O–H groups in total. The van der Waals surface area contributed by atoms with E-state index < -0.39 is 0 Å². The summed E-state index contributed by atoms with van der Waals surface area (Å²) < 4.78 is 17.6. The van der Waals surface area contributed by atoms with E-state index in [1.807, 2.05) is 19.1 Å². The highest BCUT2D eigenvalue weighted by atomic mass is 79.9. The van der Waals surface area contributed by atoms with Crippen LogP contribution < -0.4 is 9.47 Å². The van der Waals surface area contributed by atoms with Gasteiger partial charge in [-0.25, -0.2) is 0 Å². The molecule has 6 nitrogen and oxygen atoms in total. The minimum Gasteiger partial charge on any atom is -0.493 e. The first-order chi connectivity index (χ1) is 12.5. The maximum Gasteiger partial charge on any atom is 0.171 e. The van der Waals surface area contributed by atoms with Crippen molar-refractivity contribution >= 4 is 38.7 Å². The predicted octanol–water partition coefficient (Wildman–Crippen LogP) is 4.58. The van der Waals surface area contributed by atoms with Crippen LogP contribution in [-0.4, -0.2) is 30.2 Å². The van der Waals surface area contributed by atoms with Crippen molar-refractivity contribution in [1.82, 2.24) is 10.2 Å². The van der Waals surface area contributed by atoms with Gasteiger partial charge in [0.25, 0.3) is 0 Å². The van der Waals surface area contributed by atoms with E-state index in [1.54, 1.807) is 26.4 Å². The molecule has 0 amide bonds. The van der Waals surface area contributed by atoms with E-state index in [4.69, 9.17) is 13.9 Å². The molecule has 2 aromatic heterocycles. The number of furan rings is 1. The summed E-state index contributed by atoms with van der Waals surface area (Å²) in [6.45, 7) is 3.33. The number of carbonyl (C=O) groups excluding carboxylic acids is 1. The molecule has 0 aliphatic heterocycles. The Hall–Kier alpha value is -2.67. The number of benzene rings is 1. The minimum atomic E-state index is -0.0905. The number of ether oxygens (including phenoxy) is 2. The minimum absolute atomic E-state index is 0.0905. The van der Waals surface area contributed by atoms with E-state index in [0.717, 1.165) is 5.76 Å². The average Bonchev–Trinajstić information content (AvgIpc) is 3.05. The first-order valence-electron chi connectivity index (χ1n) is 7.82. The Labute approximate surface area is 158 Å². The number of hydrogen-bond donors (Lipinski definition) is 0. The van der Waals surface area contributed by atoms with Crippen molar-refractivity contribution in [3.05, 3.63) is 40.2 Å². The van der Waals surface area contributed by atoms with E-state index >= 15 is 0 Å². The van der Waals surface area contributed by atoms with Crippen LogP contribution in [0.5, 0.6) is 11.5 Å². The quantitative estimate of drug-likeness (QED) is 0.566. The third kappa shape index (κ3) is 3.22. The Kier molecular flexibility index (Phi) is 5.08. The maximum absolute atomic E-state index is 11.4. The Morgan fingerprint density at radius 3 is 2.58 bits per heavy atom. The fourth-order valence-electron chi connectivity index (χ4n) is 2.70. The van der Waals surface area contributed by atoms with E-state index in [0.29, 0.717) is 43.9 Å². The lowest BCUT2D eigenvalue weighted by Gasteiger charge is -2.15. The van der Waals surface area contributed by atoms with Crippen LogP contribution in [-0.2, 0) is 4.79 Å². The van der Waals surface area contributed by atoms with Crippen molar-refractivity contribution < 1.29 is 18.7 Å². The molecule has 0 aliphatic carbocycles. The van der Waals surface area contributed by atoms with Crippen molar-refractivity contribution in [3.8, 4) is 22.8 Å². The summed E-state index contributed by atoms with van der Waals surface area (Å²) in [5.41, 5.74) is 1.78. The maximum atomic E-state index is 11.4. The molecule has 3 rings (SSSR count). The third-order valence-electron chi connectivity index (χ3n) is 3.82. The number of methoxy groups -OCH3 is 2. The molecule has 0 spiro atoms. The molecule has 0 unspecified atom stereocenters. The molecule has 1 aromatic carbocycles. The van der Waals surface area contributed by atoms with Crippen LogP contribution in [0.25, 0.3) is 28.3 Å². The third-order valence-corrected chi connectivity index (χ3v) is 4.43. The molecule has 26 heavy (non-hydrogen) atoms. The fraction of sp³-hybridized carbons (Fsp3) is 0.211. The molecule has 7 heteroatoms. The first-order valence-corrected chi connectivity index (χ1v) is 8.62. The number of aromatic nitrogens is 2. The highest BCUT2D eigenvalue weighted by molar-refractivity contribution is 9.10.